The molecule has 3 aliphatic heterocycles. The number of urea groups is 1. The van der Waals surface area contributed by atoms with Gasteiger partial charge in [-0.2, -0.15) is 5.06 Å². The summed E-state index contributed by atoms with van der Waals surface area (Å²) >= 11 is 0. The van der Waals surface area contributed by atoms with Crippen molar-refractivity contribution in [3.05, 3.63) is 35.9 Å². The molecule has 142 valence electrons. The van der Waals surface area contributed by atoms with E-state index in [0.717, 1.165) is 44.5 Å². The van der Waals surface area contributed by atoms with E-state index in [1.165, 1.54) is 0 Å². The number of fused-ring (bicyclic) bond motifs is 2. The molecule has 4 rings (SSSR count). The standard InChI is InChI=1S/C13H16N2O2.C5H10N2O2/c16-13-14-8-4-7-12(9-14)15(13)17-10-11-5-2-1-3-6-11;8-4-7-9-3-5-1-2-6-5/h1-3,5-6,12H,4,7-10H2;4-6H,1-3H2,(H,7,8). The topological polar surface area (TPSA) is 83.1 Å². The number of hydroxylamine groups is 3. The highest BCUT2D eigenvalue weighted by Crippen LogP contribution is 2.25. The molecular formula is C18H26N4O4. The minimum Gasteiger partial charge on any atom is -0.321 e. The van der Waals surface area contributed by atoms with Gasteiger partial charge >= 0.3 is 6.03 Å². The first-order valence-corrected chi connectivity index (χ1v) is 9.07. The van der Waals surface area contributed by atoms with Gasteiger partial charge < -0.3 is 10.2 Å². The van der Waals surface area contributed by atoms with E-state index in [-0.39, 0.29) is 12.1 Å². The van der Waals surface area contributed by atoms with Crippen LogP contribution in [0.5, 0.6) is 0 Å². The number of amides is 3. The van der Waals surface area contributed by atoms with Crippen LogP contribution < -0.4 is 10.8 Å². The number of hydrogen-bond acceptors (Lipinski definition) is 5. The molecule has 2 N–H and O–H groups in total. The molecule has 0 saturated carbocycles. The minimum atomic E-state index is 0.0310. The highest BCUT2D eigenvalue weighted by atomic mass is 16.7. The van der Waals surface area contributed by atoms with Crippen LogP contribution in [0.1, 0.15) is 24.8 Å². The van der Waals surface area contributed by atoms with Crippen LogP contribution in [0.2, 0.25) is 0 Å². The van der Waals surface area contributed by atoms with Gasteiger partial charge in [-0.05, 0) is 31.4 Å². The first-order chi connectivity index (χ1) is 12.8. The Morgan fingerprint density at radius 3 is 2.73 bits per heavy atom. The molecule has 1 aromatic carbocycles. The third kappa shape index (κ3) is 4.94. The summed E-state index contributed by atoms with van der Waals surface area (Å²) in [6.45, 7) is 3.80. The Morgan fingerprint density at radius 1 is 1.27 bits per heavy atom. The molecule has 2 bridgehead atoms. The Balaban J connectivity index is 0.000000185. The Kier molecular flexibility index (Phi) is 6.82. The lowest BCUT2D eigenvalue weighted by molar-refractivity contribution is -0.140. The van der Waals surface area contributed by atoms with E-state index in [9.17, 15) is 9.59 Å². The zero-order valence-electron chi connectivity index (χ0n) is 14.8. The first-order valence-electron chi connectivity index (χ1n) is 9.07. The predicted octanol–water partition coefficient (Wildman–Crippen LogP) is 1.04. The molecule has 0 spiro atoms. The summed E-state index contributed by atoms with van der Waals surface area (Å²) in [5.74, 6) is 0. The second-order valence-corrected chi connectivity index (χ2v) is 6.60. The molecule has 26 heavy (non-hydrogen) atoms. The fourth-order valence-corrected chi connectivity index (χ4v) is 3.17. The highest BCUT2D eigenvalue weighted by molar-refractivity contribution is 5.76. The monoisotopic (exact) mass is 362 g/mol. The molecule has 0 aliphatic carbocycles. The van der Waals surface area contributed by atoms with E-state index in [4.69, 9.17) is 9.68 Å². The summed E-state index contributed by atoms with van der Waals surface area (Å²) in [6, 6.07) is 10.7. The van der Waals surface area contributed by atoms with Gasteiger partial charge in [-0.3, -0.25) is 14.5 Å². The number of nitrogens with zero attached hydrogens (tertiary/aromatic N) is 2. The third-order valence-corrected chi connectivity index (χ3v) is 4.74. The van der Waals surface area contributed by atoms with Gasteiger partial charge in [0.1, 0.15) is 6.61 Å². The smallest absolute Gasteiger partial charge is 0.321 e. The van der Waals surface area contributed by atoms with Crippen molar-refractivity contribution in [2.75, 3.05) is 26.2 Å². The lowest BCUT2D eigenvalue weighted by Gasteiger charge is -2.26. The van der Waals surface area contributed by atoms with E-state index in [1.54, 1.807) is 5.06 Å². The van der Waals surface area contributed by atoms with E-state index in [2.05, 4.69) is 10.8 Å². The van der Waals surface area contributed by atoms with E-state index >= 15 is 0 Å². The number of piperidine rings is 1. The number of hydrogen-bond donors (Lipinski definition) is 2. The zero-order chi connectivity index (χ0) is 18.2. The van der Waals surface area contributed by atoms with Crippen molar-refractivity contribution in [1.29, 1.82) is 0 Å². The first kappa shape index (κ1) is 18.6. The Morgan fingerprint density at radius 2 is 2.08 bits per heavy atom. The van der Waals surface area contributed by atoms with Crippen LogP contribution >= 0.6 is 0 Å². The predicted molar refractivity (Wildman–Crippen MR) is 94.6 cm³/mol. The molecule has 3 amide bonds. The molecule has 3 aliphatic rings. The molecule has 8 nitrogen and oxygen atoms in total. The molecule has 3 heterocycles. The van der Waals surface area contributed by atoms with E-state index in [1.807, 2.05) is 35.2 Å². The van der Waals surface area contributed by atoms with Gasteiger partial charge in [-0.25, -0.2) is 10.3 Å². The maximum Gasteiger partial charge on any atom is 0.344 e. The van der Waals surface area contributed by atoms with Crippen LogP contribution in [0.3, 0.4) is 0 Å². The maximum atomic E-state index is 11.9. The molecule has 3 saturated heterocycles. The fourth-order valence-electron chi connectivity index (χ4n) is 3.17. The van der Waals surface area contributed by atoms with Crippen LogP contribution in [0, 0.1) is 0 Å². The van der Waals surface area contributed by atoms with Crippen molar-refractivity contribution in [3.8, 4) is 0 Å². The molecule has 0 radical (unpaired) electrons. The summed E-state index contributed by atoms with van der Waals surface area (Å²) < 4.78 is 0. The Bertz CT molecular complexity index is 582. The zero-order valence-corrected chi connectivity index (χ0v) is 14.8. The summed E-state index contributed by atoms with van der Waals surface area (Å²) in [5.41, 5.74) is 3.22. The van der Waals surface area contributed by atoms with E-state index < -0.39 is 0 Å². The molecule has 3 fully saturated rings. The van der Waals surface area contributed by atoms with Crippen LogP contribution in [-0.2, 0) is 21.1 Å². The second kappa shape index (κ2) is 9.51. The number of rotatable bonds is 7. The fraction of sp³-hybridized carbons (Fsp3) is 0.556. The molecule has 2 unspecified atom stereocenters. The third-order valence-electron chi connectivity index (χ3n) is 4.74. The van der Waals surface area contributed by atoms with Crippen LogP contribution in [-0.4, -0.2) is 60.7 Å². The van der Waals surface area contributed by atoms with E-state index in [0.29, 0.717) is 25.7 Å². The van der Waals surface area contributed by atoms with Crippen LogP contribution in [0.4, 0.5) is 4.79 Å². The summed E-state index contributed by atoms with van der Waals surface area (Å²) in [7, 11) is 0. The summed E-state index contributed by atoms with van der Waals surface area (Å²) in [6.07, 6.45) is 3.80. The average Bonchev–Trinajstić information content (AvgIpc) is 2.85. The molecule has 0 aromatic heterocycles. The Hall–Kier alpha value is -2.16. The summed E-state index contributed by atoms with van der Waals surface area (Å²) in [4.78, 5) is 33.8. The van der Waals surface area contributed by atoms with Gasteiger partial charge in [0, 0.05) is 19.1 Å². The SMILES string of the molecule is O=C1N2CCCC(C2)N1OCc1ccccc1.O=CNOCC1CCN1. The van der Waals surface area contributed by atoms with Gasteiger partial charge in [-0.15, -0.1) is 0 Å². The highest BCUT2D eigenvalue weighted by Gasteiger charge is 2.40. The molecule has 8 heteroatoms. The van der Waals surface area contributed by atoms with Gasteiger partial charge in [0.15, 0.2) is 0 Å². The number of carbonyl (C=O) groups excluding carboxylic acids is 2. The van der Waals surface area contributed by atoms with Gasteiger partial charge in [0.05, 0.1) is 12.6 Å². The minimum absolute atomic E-state index is 0.0310. The quantitative estimate of drug-likeness (QED) is 0.430. The molecule has 1 aromatic rings. The lowest BCUT2D eigenvalue weighted by atomic mass is 10.1. The lowest BCUT2D eigenvalue weighted by Crippen LogP contribution is -2.46. The summed E-state index contributed by atoms with van der Waals surface area (Å²) in [5, 5.41) is 4.69. The molecular weight excluding hydrogens is 336 g/mol. The van der Waals surface area contributed by atoms with Gasteiger partial charge in [0.25, 0.3) is 0 Å². The van der Waals surface area contributed by atoms with Crippen molar-refractivity contribution in [3.63, 3.8) is 0 Å². The number of benzene rings is 1. The van der Waals surface area contributed by atoms with Crippen molar-refractivity contribution in [2.45, 2.75) is 38.0 Å². The molecule has 2 atom stereocenters. The number of carbonyl (C=O) groups is 2. The van der Waals surface area contributed by atoms with Crippen molar-refractivity contribution in [1.82, 2.24) is 20.8 Å². The van der Waals surface area contributed by atoms with Crippen molar-refractivity contribution < 1.29 is 19.3 Å². The van der Waals surface area contributed by atoms with Crippen molar-refractivity contribution >= 4 is 12.4 Å². The number of nitrogens with one attached hydrogen (secondary N) is 2. The van der Waals surface area contributed by atoms with Crippen LogP contribution in [0.25, 0.3) is 0 Å². The largest absolute Gasteiger partial charge is 0.344 e. The van der Waals surface area contributed by atoms with Crippen LogP contribution in [0.15, 0.2) is 30.3 Å². The van der Waals surface area contributed by atoms with Crippen molar-refractivity contribution in [2.24, 2.45) is 0 Å². The second-order valence-electron chi connectivity index (χ2n) is 6.60. The Labute approximate surface area is 153 Å². The maximum absolute atomic E-state index is 11.9. The normalized spacial score (nSPS) is 23.8. The van der Waals surface area contributed by atoms with Gasteiger partial charge in [-0.1, -0.05) is 30.3 Å². The average molecular weight is 362 g/mol. The van der Waals surface area contributed by atoms with Gasteiger partial charge in [0.2, 0.25) is 6.41 Å².